The molecule has 1 amide bonds. The van der Waals surface area contributed by atoms with Crippen LogP contribution in [0.5, 0.6) is 11.5 Å². The van der Waals surface area contributed by atoms with E-state index in [4.69, 9.17) is 9.47 Å². The molecule has 2 rings (SSSR count). The van der Waals surface area contributed by atoms with E-state index in [9.17, 15) is 4.79 Å². The molecule has 5 heteroatoms. The van der Waals surface area contributed by atoms with Gasteiger partial charge in [-0.3, -0.25) is 4.79 Å². The van der Waals surface area contributed by atoms with E-state index in [-0.39, 0.29) is 11.9 Å². The van der Waals surface area contributed by atoms with E-state index in [0.29, 0.717) is 13.1 Å². The van der Waals surface area contributed by atoms with E-state index in [1.54, 1.807) is 14.2 Å². The number of ether oxygens (including phenoxy) is 2. The zero-order valence-corrected chi connectivity index (χ0v) is 16.7. The second-order valence-electron chi connectivity index (χ2n) is 6.72. The molecule has 0 radical (unpaired) electrons. The van der Waals surface area contributed by atoms with Crippen LogP contribution in [0.15, 0.2) is 48.5 Å². The SMILES string of the molecule is COc1ccc(CCNCC(=O)N(Cc2ccccc2)C(C)C)cc1OC. The van der Waals surface area contributed by atoms with Gasteiger partial charge in [0.1, 0.15) is 0 Å². The van der Waals surface area contributed by atoms with E-state index in [1.807, 2.05) is 67.3 Å². The van der Waals surface area contributed by atoms with E-state index >= 15 is 0 Å². The van der Waals surface area contributed by atoms with Gasteiger partial charge in [-0.25, -0.2) is 0 Å². The Labute approximate surface area is 162 Å². The fourth-order valence-electron chi connectivity index (χ4n) is 2.90. The zero-order chi connectivity index (χ0) is 19.6. The van der Waals surface area contributed by atoms with Crippen molar-refractivity contribution in [3.05, 3.63) is 59.7 Å². The summed E-state index contributed by atoms with van der Waals surface area (Å²) in [6.45, 7) is 5.78. The molecule has 27 heavy (non-hydrogen) atoms. The van der Waals surface area contributed by atoms with E-state index in [0.717, 1.165) is 35.6 Å². The zero-order valence-electron chi connectivity index (χ0n) is 16.7. The van der Waals surface area contributed by atoms with Gasteiger partial charge in [-0.1, -0.05) is 36.4 Å². The number of carbonyl (C=O) groups excluding carboxylic acids is 1. The normalized spacial score (nSPS) is 10.7. The highest BCUT2D eigenvalue weighted by Crippen LogP contribution is 2.27. The molecular weight excluding hydrogens is 340 g/mol. The largest absolute Gasteiger partial charge is 0.493 e. The summed E-state index contributed by atoms with van der Waals surface area (Å²) in [6.07, 6.45) is 0.813. The van der Waals surface area contributed by atoms with Gasteiger partial charge in [0.2, 0.25) is 5.91 Å². The topological polar surface area (TPSA) is 50.8 Å². The molecule has 0 unspecified atom stereocenters. The average Bonchev–Trinajstić information content (AvgIpc) is 2.69. The van der Waals surface area contributed by atoms with Gasteiger partial charge in [-0.05, 0) is 50.1 Å². The van der Waals surface area contributed by atoms with Crippen molar-refractivity contribution < 1.29 is 14.3 Å². The lowest BCUT2D eigenvalue weighted by Crippen LogP contribution is -2.42. The minimum atomic E-state index is 0.112. The first kappa shape index (κ1) is 20.8. The van der Waals surface area contributed by atoms with Crippen LogP contribution >= 0.6 is 0 Å². The molecule has 0 fully saturated rings. The molecule has 0 heterocycles. The van der Waals surface area contributed by atoms with Crippen LogP contribution in [0, 0.1) is 0 Å². The number of methoxy groups -OCH3 is 2. The van der Waals surface area contributed by atoms with Gasteiger partial charge in [0, 0.05) is 12.6 Å². The maximum atomic E-state index is 12.6. The maximum absolute atomic E-state index is 12.6. The molecule has 0 aromatic heterocycles. The summed E-state index contributed by atoms with van der Waals surface area (Å²) in [4.78, 5) is 14.5. The Kier molecular flexibility index (Phi) is 8.14. The highest BCUT2D eigenvalue weighted by molar-refractivity contribution is 5.78. The van der Waals surface area contributed by atoms with Crippen molar-refractivity contribution in [1.29, 1.82) is 0 Å². The van der Waals surface area contributed by atoms with Crippen LogP contribution in [-0.4, -0.2) is 44.2 Å². The first-order valence-electron chi connectivity index (χ1n) is 9.30. The van der Waals surface area contributed by atoms with Gasteiger partial charge >= 0.3 is 0 Å². The molecule has 146 valence electrons. The second-order valence-corrected chi connectivity index (χ2v) is 6.72. The van der Waals surface area contributed by atoms with Crippen LogP contribution in [0.2, 0.25) is 0 Å². The van der Waals surface area contributed by atoms with E-state index < -0.39 is 0 Å². The number of amides is 1. The predicted molar refractivity (Wildman–Crippen MR) is 108 cm³/mol. The summed E-state index contributed by atoms with van der Waals surface area (Å²) in [6, 6.07) is 16.1. The molecule has 2 aromatic rings. The molecule has 0 spiro atoms. The fourth-order valence-corrected chi connectivity index (χ4v) is 2.90. The number of carbonyl (C=O) groups is 1. The maximum Gasteiger partial charge on any atom is 0.237 e. The Balaban J connectivity index is 1.83. The number of nitrogens with zero attached hydrogens (tertiary/aromatic N) is 1. The molecule has 0 aliphatic carbocycles. The standard InChI is InChI=1S/C22H30N2O3/c1-17(2)24(16-19-8-6-5-7-9-19)22(25)15-23-13-12-18-10-11-20(26-3)21(14-18)27-4/h5-11,14,17,23H,12-13,15-16H2,1-4H3. The number of hydrogen-bond donors (Lipinski definition) is 1. The Hall–Kier alpha value is -2.53. The summed E-state index contributed by atoms with van der Waals surface area (Å²) in [5, 5.41) is 3.26. The average molecular weight is 370 g/mol. The van der Waals surface area contributed by atoms with Crippen molar-refractivity contribution in [2.45, 2.75) is 32.9 Å². The second kappa shape index (κ2) is 10.6. The summed E-state index contributed by atoms with van der Waals surface area (Å²) in [5.74, 6) is 1.55. The lowest BCUT2D eigenvalue weighted by atomic mass is 10.1. The highest BCUT2D eigenvalue weighted by atomic mass is 16.5. The lowest BCUT2D eigenvalue weighted by molar-refractivity contribution is -0.132. The number of nitrogens with one attached hydrogen (secondary N) is 1. The third-order valence-corrected chi connectivity index (χ3v) is 4.45. The first-order valence-corrected chi connectivity index (χ1v) is 9.30. The molecule has 0 atom stereocenters. The van der Waals surface area contributed by atoms with Gasteiger partial charge < -0.3 is 19.7 Å². The van der Waals surface area contributed by atoms with Gasteiger partial charge in [0.15, 0.2) is 11.5 Å². The minimum absolute atomic E-state index is 0.112. The van der Waals surface area contributed by atoms with Crippen LogP contribution in [0.3, 0.4) is 0 Å². The third kappa shape index (κ3) is 6.29. The summed E-state index contributed by atoms with van der Waals surface area (Å²) < 4.78 is 10.6. The van der Waals surface area contributed by atoms with Gasteiger partial charge in [0.25, 0.3) is 0 Å². The first-order chi connectivity index (χ1) is 13.0. The molecule has 0 aliphatic heterocycles. The number of benzene rings is 2. The van der Waals surface area contributed by atoms with Crippen LogP contribution in [0.25, 0.3) is 0 Å². The summed E-state index contributed by atoms with van der Waals surface area (Å²) in [7, 11) is 3.26. The number of hydrogen-bond acceptors (Lipinski definition) is 4. The van der Waals surface area contributed by atoms with Crippen molar-refractivity contribution in [1.82, 2.24) is 10.2 Å². The van der Waals surface area contributed by atoms with Crippen LogP contribution in [-0.2, 0) is 17.8 Å². The third-order valence-electron chi connectivity index (χ3n) is 4.45. The van der Waals surface area contributed by atoms with Crippen LogP contribution < -0.4 is 14.8 Å². The molecule has 0 saturated carbocycles. The summed E-state index contributed by atoms with van der Waals surface area (Å²) in [5.41, 5.74) is 2.28. The van der Waals surface area contributed by atoms with Crippen molar-refractivity contribution in [2.24, 2.45) is 0 Å². The highest BCUT2D eigenvalue weighted by Gasteiger charge is 2.16. The van der Waals surface area contributed by atoms with Gasteiger partial charge in [-0.15, -0.1) is 0 Å². The van der Waals surface area contributed by atoms with Crippen molar-refractivity contribution in [3.63, 3.8) is 0 Å². The van der Waals surface area contributed by atoms with Crippen LogP contribution in [0.1, 0.15) is 25.0 Å². The smallest absolute Gasteiger partial charge is 0.237 e. The number of rotatable bonds is 10. The molecule has 1 N–H and O–H groups in total. The predicted octanol–water partition coefficient (Wildman–Crippen LogP) is 3.27. The quantitative estimate of drug-likeness (QED) is 0.652. The van der Waals surface area contributed by atoms with Crippen LogP contribution in [0.4, 0.5) is 0 Å². The van der Waals surface area contributed by atoms with Gasteiger partial charge in [-0.2, -0.15) is 0 Å². The Morgan fingerprint density at radius 3 is 2.33 bits per heavy atom. The molecule has 0 saturated heterocycles. The molecule has 5 nitrogen and oxygen atoms in total. The van der Waals surface area contributed by atoms with Crippen molar-refractivity contribution in [3.8, 4) is 11.5 Å². The van der Waals surface area contributed by atoms with Crippen molar-refractivity contribution >= 4 is 5.91 Å². The lowest BCUT2D eigenvalue weighted by Gasteiger charge is -2.27. The molecule has 2 aromatic carbocycles. The van der Waals surface area contributed by atoms with Crippen molar-refractivity contribution in [2.75, 3.05) is 27.3 Å². The summed E-state index contributed by atoms with van der Waals surface area (Å²) >= 11 is 0. The Morgan fingerprint density at radius 2 is 1.70 bits per heavy atom. The molecule has 0 aliphatic rings. The monoisotopic (exact) mass is 370 g/mol. The fraction of sp³-hybridized carbons (Fsp3) is 0.409. The van der Waals surface area contributed by atoms with E-state index in [2.05, 4.69) is 5.32 Å². The molecular formula is C22H30N2O3. The minimum Gasteiger partial charge on any atom is -0.493 e. The van der Waals surface area contributed by atoms with Gasteiger partial charge in [0.05, 0.1) is 20.8 Å². The Bertz CT molecular complexity index is 717. The molecule has 0 bridgehead atoms. The van der Waals surface area contributed by atoms with E-state index in [1.165, 1.54) is 0 Å². The Morgan fingerprint density at radius 1 is 1.00 bits per heavy atom.